The molecule has 0 aliphatic carbocycles. The van der Waals surface area contributed by atoms with Crippen LogP contribution in [0.5, 0.6) is 0 Å². The number of nitrogens with zero attached hydrogens (tertiary/aromatic N) is 2. The molecular weight excluding hydrogens is 398 g/mol. The van der Waals surface area contributed by atoms with Crippen LogP contribution in [0.2, 0.25) is 0 Å². The fourth-order valence-electron chi connectivity index (χ4n) is 3.47. The van der Waals surface area contributed by atoms with Gasteiger partial charge in [0.15, 0.2) is 6.10 Å². The zero-order valence-corrected chi connectivity index (χ0v) is 17.7. The standard InChI is InChI=1S/C23H25N3O5/c1-16(20(28)25(3)14-17-10-6-4-7-11-17)31-19(27)15-26-21(29)23(2,24-22(26)30)18-12-8-5-9-13-18/h4-13,16H,14-15H2,1-3H3,(H,24,30)/t16-,23-/m0/s1. The van der Waals surface area contributed by atoms with Crippen molar-refractivity contribution in [2.45, 2.75) is 32.0 Å². The molecule has 3 rings (SSSR count). The van der Waals surface area contributed by atoms with E-state index in [2.05, 4.69) is 5.32 Å². The largest absolute Gasteiger partial charge is 0.451 e. The molecule has 8 nitrogen and oxygen atoms in total. The lowest BCUT2D eigenvalue weighted by Gasteiger charge is -2.23. The van der Waals surface area contributed by atoms with Gasteiger partial charge >= 0.3 is 12.0 Å². The van der Waals surface area contributed by atoms with Crippen LogP contribution in [0.1, 0.15) is 25.0 Å². The van der Waals surface area contributed by atoms with Crippen LogP contribution < -0.4 is 5.32 Å². The molecule has 0 bridgehead atoms. The van der Waals surface area contributed by atoms with Crippen LogP contribution in [0.15, 0.2) is 60.7 Å². The number of carbonyl (C=O) groups is 4. The van der Waals surface area contributed by atoms with E-state index >= 15 is 0 Å². The Bertz CT molecular complexity index is 979. The molecule has 2 aromatic carbocycles. The number of carbonyl (C=O) groups excluding carboxylic acids is 4. The highest BCUT2D eigenvalue weighted by molar-refractivity contribution is 6.08. The summed E-state index contributed by atoms with van der Waals surface area (Å²) in [4.78, 5) is 52.4. The number of ether oxygens (including phenoxy) is 1. The first-order valence-electron chi connectivity index (χ1n) is 9.90. The van der Waals surface area contributed by atoms with Crippen LogP contribution in [0, 0.1) is 0 Å². The fraction of sp³-hybridized carbons (Fsp3) is 0.304. The predicted octanol–water partition coefficient (Wildman–Crippen LogP) is 2.04. The average molecular weight is 423 g/mol. The van der Waals surface area contributed by atoms with Crippen molar-refractivity contribution >= 4 is 23.8 Å². The van der Waals surface area contributed by atoms with Crippen molar-refractivity contribution < 1.29 is 23.9 Å². The summed E-state index contributed by atoms with van der Waals surface area (Å²) < 4.78 is 5.20. The zero-order chi connectivity index (χ0) is 22.6. The van der Waals surface area contributed by atoms with Crippen molar-refractivity contribution in [1.82, 2.24) is 15.1 Å². The summed E-state index contributed by atoms with van der Waals surface area (Å²) in [7, 11) is 1.61. The monoisotopic (exact) mass is 423 g/mol. The van der Waals surface area contributed by atoms with Crippen molar-refractivity contribution in [2.75, 3.05) is 13.6 Å². The number of urea groups is 1. The van der Waals surface area contributed by atoms with E-state index in [1.165, 1.54) is 11.8 Å². The number of amides is 4. The number of nitrogens with one attached hydrogen (secondary N) is 1. The molecule has 0 radical (unpaired) electrons. The van der Waals surface area contributed by atoms with E-state index in [0.717, 1.165) is 10.5 Å². The van der Waals surface area contributed by atoms with Gasteiger partial charge in [-0.05, 0) is 25.0 Å². The molecule has 8 heteroatoms. The highest BCUT2D eigenvalue weighted by Crippen LogP contribution is 2.28. The summed E-state index contributed by atoms with van der Waals surface area (Å²) in [5.41, 5.74) is 0.280. The molecule has 0 unspecified atom stereocenters. The first-order chi connectivity index (χ1) is 14.7. The Kier molecular flexibility index (Phi) is 6.39. The van der Waals surface area contributed by atoms with Gasteiger partial charge in [0.2, 0.25) is 0 Å². The summed E-state index contributed by atoms with van der Waals surface area (Å²) in [5, 5.41) is 2.63. The smallest absolute Gasteiger partial charge is 0.327 e. The predicted molar refractivity (Wildman–Crippen MR) is 113 cm³/mol. The maximum Gasteiger partial charge on any atom is 0.327 e. The molecule has 0 aromatic heterocycles. The summed E-state index contributed by atoms with van der Waals surface area (Å²) in [6.45, 7) is 2.83. The number of imide groups is 1. The number of likely N-dealkylation sites (N-methyl/N-ethyl adjacent to an activating group) is 1. The van der Waals surface area contributed by atoms with Gasteiger partial charge in [-0.2, -0.15) is 0 Å². The van der Waals surface area contributed by atoms with Crippen LogP contribution in [0.4, 0.5) is 4.79 Å². The van der Waals surface area contributed by atoms with Crippen LogP contribution in [-0.4, -0.2) is 53.3 Å². The summed E-state index contributed by atoms with van der Waals surface area (Å²) in [5.74, 6) is -1.78. The van der Waals surface area contributed by atoms with Crippen LogP contribution in [0.25, 0.3) is 0 Å². The van der Waals surface area contributed by atoms with Gasteiger partial charge in [0.1, 0.15) is 12.1 Å². The minimum Gasteiger partial charge on any atom is -0.451 e. The van der Waals surface area contributed by atoms with E-state index in [-0.39, 0.29) is 5.91 Å². The zero-order valence-electron chi connectivity index (χ0n) is 17.7. The van der Waals surface area contributed by atoms with Crippen molar-refractivity contribution in [3.8, 4) is 0 Å². The lowest BCUT2D eigenvalue weighted by atomic mass is 9.92. The third-order valence-electron chi connectivity index (χ3n) is 5.21. The van der Waals surface area contributed by atoms with Gasteiger partial charge < -0.3 is 15.0 Å². The van der Waals surface area contributed by atoms with E-state index in [4.69, 9.17) is 4.74 Å². The van der Waals surface area contributed by atoms with Crippen molar-refractivity contribution in [3.63, 3.8) is 0 Å². The number of esters is 1. The van der Waals surface area contributed by atoms with Crippen LogP contribution >= 0.6 is 0 Å². The van der Waals surface area contributed by atoms with E-state index in [1.807, 2.05) is 30.3 Å². The van der Waals surface area contributed by atoms with E-state index < -0.39 is 36.1 Å². The molecule has 1 saturated heterocycles. The Morgan fingerprint density at radius 1 is 1.06 bits per heavy atom. The molecular formula is C23H25N3O5. The Balaban J connectivity index is 1.59. The van der Waals surface area contributed by atoms with Crippen LogP contribution in [-0.2, 0) is 31.2 Å². The number of benzene rings is 2. The molecule has 0 spiro atoms. The van der Waals surface area contributed by atoms with Gasteiger partial charge in [-0.25, -0.2) is 4.79 Å². The number of hydrogen-bond donors (Lipinski definition) is 1. The molecule has 1 fully saturated rings. The third kappa shape index (κ3) is 4.74. The maximum atomic E-state index is 12.9. The Morgan fingerprint density at radius 2 is 1.65 bits per heavy atom. The quantitative estimate of drug-likeness (QED) is 0.543. The highest BCUT2D eigenvalue weighted by Gasteiger charge is 2.49. The van der Waals surface area contributed by atoms with Crippen LogP contribution in [0.3, 0.4) is 0 Å². The first kappa shape index (κ1) is 22.0. The molecule has 31 heavy (non-hydrogen) atoms. The third-order valence-corrected chi connectivity index (χ3v) is 5.21. The first-order valence-corrected chi connectivity index (χ1v) is 9.90. The lowest BCUT2D eigenvalue weighted by Crippen LogP contribution is -2.43. The van der Waals surface area contributed by atoms with Gasteiger partial charge in [-0.3, -0.25) is 19.3 Å². The molecule has 1 heterocycles. The van der Waals surface area contributed by atoms with Gasteiger partial charge in [-0.15, -0.1) is 0 Å². The van der Waals surface area contributed by atoms with Gasteiger partial charge in [0.05, 0.1) is 0 Å². The van der Waals surface area contributed by atoms with E-state index in [9.17, 15) is 19.2 Å². The minimum absolute atomic E-state index is 0.365. The molecule has 1 aliphatic heterocycles. The SMILES string of the molecule is C[C@H](OC(=O)CN1C(=O)N[C@@](C)(c2ccccc2)C1=O)C(=O)N(C)Cc1ccccc1. The second-order valence-electron chi connectivity index (χ2n) is 7.62. The lowest BCUT2D eigenvalue weighted by molar-refractivity contribution is -0.160. The normalized spacial score (nSPS) is 19.0. The fourth-order valence-corrected chi connectivity index (χ4v) is 3.47. The van der Waals surface area contributed by atoms with E-state index in [0.29, 0.717) is 12.1 Å². The molecule has 1 aliphatic rings. The average Bonchev–Trinajstić information content (AvgIpc) is 2.98. The summed E-state index contributed by atoms with van der Waals surface area (Å²) in [6, 6.07) is 17.5. The number of rotatable bonds is 7. The Labute approximate surface area is 180 Å². The maximum absolute atomic E-state index is 12.9. The highest BCUT2D eigenvalue weighted by atomic mass is 16.5. The Morgan fingerprint density at radius 3 is 2.26 bits per heavy atom. The topological polar surface area (TPSA) is 96.0 Å². The minimum atomic E-state index is -1.27. The van der Waals surface area contributed by atoms with E-state index in [1.54, 1.807) is 44.3 Å². The van der Waals surface area contributed by atoms with Gasteiger partial charge in [0, 0.05) is 13.6 Å². The van der Waals surface area contributed by atoms with Crippen molar-refractivity contribution in [3.05, 3.63) is 71.8 Å². The van der Waals surface area contributed by atoms with Gasteiger partial charge in [-0.1, -0.05) is 60.7 Å². The van der Waals surface area contributed by atoms with Gasteiger partial charge in [0.25, 0.3) is 11.8 Å². The molecule has 2 atom stereocenters. The Hall–Kier alpha value is -3.68. The molecule has 2 aromatic rings. The molecule has 162 valence electrons. The second-order valence-corrected chi connectivity index (χ2v) is 7.62. The van der Waals surface area contributed by atoms with Crippen molar-refractivity contribution in [2.24, 2.45) is 0 Å². The molecule has 0 saturated carbocycles. The molecule has 4 amide bonds. The summed E-state index contributed by atoms with van der Waals surface area (Å²) in [6.07, 6.45) is -1.05. The second kappa shape index (κ2) is 8.99. The molecule has 1 N–H and O–H groups in total. The number of hydrogen-bond acceptors (Lipinski definition) is 5. The summed E-state index contributed by atoms with van der Waals surface area (Å²) >= 11 is 0. The van der Waals surface area contributed by atoms with Crippen molar-refractivity contribution in [1.29, 1.82) is 0 Å².